The first-order valence-corrected chi connectivity index (χ1v) is 6.12. The number of halogens is 1. The van der Waals surface area contributed by atoms with Crippen LogP contribution in [0.2, 0.25) is 0 Å². The number of rotatable bonds is 2. The Labute approximate surface area is 99.8 Å². The van der Waals surface area contributed by atoms with Gasteiger partial charge in [0.15, 0.2) is 0 Å². The van der Waals surface area contributed by atoms with Gasteiger partial charge in [0.2, 0.25) is 0 Å². The molecule has 1 fully saturated rings. The largest absolute Gasteiger partial charge is 0.370 e. The molecule has 1 N–H and O–H groups in total. The van der Waals surface area contributed by atoms with E-state index in [0.717, 1.165) is 17.6 Å². The quantitative estimate of drug-likeness (QED) is 0.888. The molecule has 0 spiro atoms. The topological polar surface area (TPSA) is 15.3 Å². The van der Waals surface area contributed by atoms with E-state index >= 15 is 0 Å². The smallest absolute Gasteiger partial charge is 0.0378 e. The highest BCUT2D eigenvalue weighted by Gasteiger charge is 2.32. The molecule has 0 aromatic heterocycles. The average Bonchev–Trinajstić information content (AvgIpc) is 2.62. The van der Waals surface area contributed by atoms with E-state index in [4.69, 9.17) is 0 Å². The van der Waals surface area contributed by atoms with Gasteiger partial charge in [-0.15, -0.1) is 0 Å². The van der Waals surface area contributed by atoms with E-state index in [9.17, 15) is 0 Å². The van der Waals surface area contributed by atoms with Gasteiger partial charge in [0, 0.05) is 28.8 Å². The highest BCUT2D eigenvalue weighted by atomic mass is 79.9. The highest BCUT2D eigenvalue weighted by molar-refractivity contribution is 9.10. The lowest BCUT2D eigenvalue weighted by Gasteiger charge is -2.25. The minimum Gasteiger partial charge on any atom is -0.370 e. The normalized spacial score (nSPS) is 25.9. The fraction of sp³-hybridized carbons (Fsp3) is 0.500. The molecular formula is C12H17BrN2. The molecule has 0 aliphatic carbocycles. The van der Waals surface area contributed by atoms with Gasteiger partial charge in [-0.3, -0.25) is 0 Å². The molecule has 2 nitrogen and oxygen atoms in total. The molecule has 1 unspecified atom stereocenters. The van der Waals surface area contributed by atoms with E-state index in [0.29, 0.717) is 0 Å². The van der Waals surface area contributed by atoms with Gasteiger partial charge in [-0.2, -0.15) is 0 Å². The molecule has 0 amide bonds. The summed E-state index contributed by atoms with van der Waals surface area (Å²) in [5.74, 6) is 0. The molecule has 1 atom stereocenters. The summed E-state index contributed by atoms with van der Waals surface area (Å²) in [6, 6.07) is 8.51. The van der Waals surface area contributed by atoms with Crippen molar-refractivity contribution in [3.05, 3.63) is 28.7 Å². The van der Waals surface area contributed by atoms with Crippen LogP contribution in [-0.2, 0) is 0 Å². The lowest BCUT2D eigenvalue weighted by atomic mass is 10.0. The minimum absolute atomic E-state index is 0.266. The van der Waals surface area contributed by atoms with Crippen LogP contribution < -0.4 is 10.2 Å². The Kier molecular flexibility index (Phi) is 3.03. The number of likely N-dealkylation sites (N-methyl/N-ethyl adjacent to an activating group) is 1. The number of hydrogen-bond acceptors (Lipinski definition) is 2. The first-order valence-electron chi connectivity index (χ1n) is 5.32. The van der Waals surface area contributed by atoms with E-state index in [1.54, 1.807) is 0 Å². The second kappa shape index (κ2) is 4.14. The third kappa shape index (κ3) is 2.34. The van der Waals surface area contributed by atoms with Crippen molar-refractivity contribution in [2.75, 3.05) is 25.0 Å². The van der Waals surface area contributed by atoms with Gasteiger partial charge in [0.05, 0.1) is 0 Å². The number of nitrogens with one attached hydrogen (secondary N) is 1. The molecule has 1 aromatic rings. The monoisotopic (exact) mass is 268 g/mol. The Morgan fingerprint density at radius 3 is 2.87 bits per heavy atom. The predicted molar refractivity (Wildman–Crippen MR) is 68.4 cm³/mol. The molecule has 2 rings (SSSR count). The van der Waals surface area contributed by atoms with Crippen LogP contribution in [0.15, 0.2) is 28.7 Å². The van der Waals surface area contributed by atoms with Crippen molar-refractivity contribution >= 4 is 21.6 Å². The highest BCUT2D eigenvalue weighted by Crippen LogP contribution is 2.27. The molecular weight excluding hydrogens is 252 g/mol. The molecule has 15 heavy (non-hydrogen) atoms. The zero-order chi connectivity index (χ0) is 10.9. The molecule has 0 bridgehead atoms. The summed E-state index contributed by atoms with van der Waals surface area (Å²) in [6.45, 7) is 4.50. The number of benzene rings is 1. The van der Waals surface area contributed by atoms with Gasteiger partial charge in [0.25, 0.3) is 0 Å². The molecule has 82 valence electrons. The van der Waals surface area contributed by atoms with Gasteiger partial charge < -0.3 is 10.2 Å². The first kappa shape index (κ1) is 11.0. The van der Waals surface area contributed by atoms with Crippen LogP contribution in [-0.4, -0.2) is 25.7 Å². The maximum absolute atomic E-state index is 3.51. The summed E-state index contributed by atoms with van der Waals surface area (Å²) < 4.78 is 1.15. The predicted octanol–water partition coefficient (Wildman–Crippen LogP) is 2.64. The SMILES string of the molecule is CNC1(C)CCN(c2cccc(Br)c2)C1. The second-order valence-corrected chi connectivity index (χ2v) is 5.38. The second-order valence-electron chi connectivity index (χ2n) is 4.46. The summed E-state index contributed by atoms with van der Waals surface area (Å²) in [7, 11) is 2.05. The summed E-state index contributed by atoms with van der Waals surface area (Å²) in [5.41, 5.74) is 1.57. The van der Waals surface area contributed by atoms with Gasteiger partial charge >= 0.3 is 0 Å². The van der Waals surface area contributed by atoms with Crippen molar-refractivity contribution in [3.8, 4) is 0 Å². The number of nitrogens with zero attached hydrogens (tertiary/aromatic N) is 1. The van der Waals surface area contributed by atoms with Crippen molar-refractivity contribution in [1.82, 2.24) is 5.32 Å². The Morgan fingerprint density at radius 2 is 2.27 bits per heavy atom. The third-order valence-corrected chi connectivity index (χ3v) is 3.74. The van der Waals surface area contributed by atoms with Crippen LogP contribution in [0.25, 0.3) is 0 Å². The van der Waals surface area contributed by atoms with Crippen LogP contribution in [0, 0.1) is 0 Å². The fourth-order valence-electron chi connectivity index (χ4n) is 2.06. The minimum atomic E-state index is 0.266. The van der Waals surface area contributed by atoms with Crippen molar-refractivity contribution in [3.63, 3.8) is 0 Å². The van der Waals surface area contributed by atoms with E-state index in [1.807, 2.05) is 7.05 Å². The average molecular weight is 269 g/mol. The van der Waals surface area contributed by atoms with Crippen LogP contribution >= 0.6 is 15.9 Å². The molecule has 1 aliphatic rings. The maximum Gasteiger partial charge on any atom is 0.0378 e. The summed E-state index contributed by atoms with van der Waals surface area (Å²) in [6.07, 6.45) is 1.20. The van der Waals surface area contributed by atoms with E-state index in [2.05, 4.69) is 57.3 Å². The standard InChI is InChI=1S/C12H17BrN2/c1-12(14-2)6-7-15(9-12)11-5-3-4-10(13)8-11/h3-5,8,14H,6-7,9H2,1-2H3. The van der Waals surface area contributed by atoms with Crippen molar-refractivity contribution < 1.29 is 0 Å². The van der Waals surface area contributed by atoms with Gasteiger partial charge in [-0.05, 0) is 38.6 Å². The number of anilines is 1. The Bertz CT molecular complexity index is 353. The third-order valence-electron chi connectivity index (χ3n) is 3.25. The Hall–Kier alpha value is -0.540. The zero-order valence-electron chi connectivity index (χ0n) is 9.26. The molecule has 1 saturated heterocycles. The summed E-state index contributed by atoms with van der Waals surface area (Å²) in [5, 5.41) is 3.40. The molecule has 3 heteroatoms. The van der Waals surface area contributed by atoms with Crippen LogP contribution in [0.5, 0.6) is 0 Å². The fourth-order valence-corrected chi connectivity index (χ4v) is 2.45. The molecule has 1 aromatic carbocycles. The lowest BCUT2D eigenvalue weighted by Crippen LogP contribution is -2.42. The van der Waals surface area contributed by atoms with E-state index in [-0.39, 0.29) is 5.54 Å². The van der Waals surface area contributed by atoms with Gasteiger partial charge in [-0.25, -0.2) is 0 Å². The Balaban J connectivity index is 2.14. The number of hydrogen-bond donors (Lipinski definition) is 1. The van der Waals surface area contributed by atoms with Crippen LogP contribution in [0.1, 0.15) is 13.3 Å². The van der Waals surface area contributed by atoms with Crippen molar-refractivity contribution in [2.24, 2.45) is 0 Å². The van der Waals surface area contributed by atoms with Gasteiger partial charge in [-0.1, -0.05) is 22.0 Å². The molecule has 1 heterocycles. The van der Waals surface area contributed by atoms with Gasteiger partial charge in [0.1, 0.15) is 0 Å². The van der Waals surface area contributed by atoms with Crippen molar-refractivity contribution in [1.29, 1.82) is 0 Å². The molecule has 0 radical (unpaired) electrons. The lowest BCUT2D eigenvalue weighted by molar-refractivity contribution is 0.428. The van der Waals surface area contributed by atoms with Crippen LogP contribution in [0.4, 0.5) is 5.69 Å². The van der Waals surface area contributed by atoms with E-state index < -0.39 is 0 Å². The zero-order valence-corrected chi connectivity index (χ0v) is 10.8. The Morgan fingerprint density at radius 1 is 1.47 bits per heavy atom. The molecule has 0 saturated carbocycles. The van der Waals surface area contributed by atoms with Crippen LogP contribution in [0.3, 0.4) is 0 Å². The van der Waals surface area contributed by atoms with Crippen molar-refractivity contribution in [2.45, 2.75) is 18.9 Å². The summed E-state index contributed by atoms with van der Waals surface area (Å²) in [4.78, 5) is 2.43. The van der Waals surface area contributed by atoms with E-state index in [1.165, 1.54) is 12.1 Å². The maximum atomic E-state index is 3.51. The summed E-state index contributed by atoms with van der Waals surface area (Å²) >= 11 is 3.51. The first-order chi connectivity index (χ1) is 7.13. The molecule has 1 aliphatic heterocycles.